The fraction of sp³-hybridized carbons (Fsp3) is 0.0909. The average molecular weight is 397 g/mol. The van der Waals surface area contributed by atoms with Gasteiger partial charge in [0.15, 0.2) is 0 Å². The third kappa shape index (κ3) is 4.62. The van der Waals surface area contributed by atoms with Crippen LogP contribution in [-0.4, -0.2) is 12.6 Å². The molecule has 0 saturated heterocycles. The molecule has 0 radical (unpaired) electrons. The summed E-state index contributed by atoms with van der Waals surface area (Å²) in [4.78, 5) is 1.03. The van der Waals surface area contributed by atoms with Gasteiger partial charge in [-0.2, -0.15) is 0 Å². The number of hydrogen-bond acceptors (Lipinski definition) is 3. The van der Waals surface area contributed by atoms with Gasteiger partial charge in [-0.25, -0.2) is 12.6 Å². The summed E-state index contributed by atoms with van der Waals surface area (Å²) in [5, 5.41) is 1.13. The number of rotatable bonds is 5. The maximum atomic E-state index is 13.3. The van der Waals surface area contributed by atoms with Crippen molar-refractivity contribution in [3.8, 4) is 0 Å². The molecule has 3 nitrogen and oxygen atoms in total. The second kappa shape index (κ2) is 8.03. The van der Waals surface area contributed by atoms with Gasteiger partial charge in [-0.3, -0.25) is 0 Å². The van der Waals surface area contributed by atoms with E-state index in [0.29, 0.717) is 10.5 Å². The number of hydrogen-bond donors (Lipinski definition) is 0. The van der Waals surface area contributed by atoms with Crippen LogP contribution in [0.4, 0.5) is 0 Å². The van der Waals surface area contributed by atoms with Crippen LogP contribution in [0, 0.1) is 13.8 Å². The molecule has 1 unspecified atom stereocenters. The lowest BCUT2D eigenvalue weighted by atomic mass is 10.2. The SMILES string of the molecule is Cc1cccc(S(=O)/C(=C/S(=O)(=O)c2cccc(C)c2)c2ccccc2)c1. The molecule has 0 aromatic heterocycles. The quantitative estimate of drug-likeness (QED) is 0.617. The summed E-state index contributed by atoms with van der Waals surface area (Å²) in [7, 11) is -5.37. The number of sulfone groups is 1. The van der Waals surface area contributed by atoms with Crippen LogP contribution in [0.25, 0.3) is 4.91 Å². The molecule has 0 aliphatic heterocycles. The van der Waals surface area contributed by atoms with Gasteiger partial charge in [-0.1, -0.05) is 54.6 Å². The lowest BCUT2D eigenvalue weighted by Crippen LogP contribution is -2.03. The molecule has 0 N–H and O–H groups in total. The van der Waals surface area contributed by atoms with Gasteiger partial charge in [0.1, 0.15) is 0 Å². The number of benzene rings is 3. The Bertz CT molecular complexity index is 1120. The van der Waals surface area contributed by atoms with Gasteiger partial charge in [0.2, 0.25) is 9.84 Å². The van der Waals surface area contributed by atoms with Crippen LogP contribution in [0.2, 0.25) is 0 Å². The molecular weight excluding hydrogens is 376 g/mol. The monoisotopic (exact) mass is 396 g/mol. The van der Waals surface area contributed by atoms with Crippen LogP contribution in [0.15, 0.2) is 94.1 Å². The molecule has 27 heavy (non-hydrogen) atoms. The summed E-state index contributed by atoms with van der Waals surface area (Å²) < 4.78 is 39.2. The molecule has 0 heterocycles. The van der Waals surface area contributed by atoms with E-state index >= 15 is 0 Å². The van der Waals surface area contributed by atoms with Crippen LogP contribution in [0.5, 0.6) is 0 Å². The highest BCUT2D eigenvalue weighted by Crippen LogP contribution is 2.28. The Morgan fingerprint density at radius 1 is 0.815 bits per heavy atom. The van der Waals surface area contributed by atoms with E-state index in [2.05, 4.69) is 0 Å². The first kappa shape index (κ1) is 19.3. The fourth-order valence-electron chi connectivity index (χ4n) is 2.68. The van der Waals surface area contributed by atoms with E-state index in [4.69, 9.17) is 0 Å². The van der Waals surface area contributed by atoms with Gasteiger partial charge < -0.3 is 0 Å². The van der Waals surface area contributed by atoms with Crippen molar-refractivity contribution in [1.29, 1.82) is 0 Å². The predicted octanol–water partition coefficient (Wildman–Crippen LogP) is 4.88. The Hall–Kier alpha value is -2.50. The predicted molar refractivity (Wildman–Crippen MR) is 110 cm³/mol. The first-order chi connectivity index (χ1) is 12.9. The Morgan fingerprint density at radius 2 is 1.44 bits per heavy atom. The van der Waals surface area contributed by atoms with E-state index < -0.39 is 20.6 Å². The third-order valence-corrected chi connectivity index (χ3v) is 7.08. The largest absolute Gasteiger partial charge is 0.249 e. The van der Waals surface area contributed by atoms with Crippen molar-refractivity contribution in [2.45, 2.75) is 23.6 Å². The maximum Gasteiger partial charge on any atom is 0.201 e. The molecule has 0 amide bonds. The summed E-state index contributed by atoms with van der Waals surface area (Å²) in [5.74, 6) is 0. The van der Waals surface area contributed by atoms with Crippen LogP contribution >= 0.6 is 0 Å². The zero-order valence-electron chi connectivity index (χ0n) is 15.1. The van der Waals surface area contributed by atoms with E-state index in [0.717, 1.165) is 16.5 Å². The zero-order valence-corrected chi connectivity index (χ0v) is 16.8. The van der Waals surface area contributed by atoms with E-state index in [1.54, 1.807) is 48.5 Å². The minimum absolute atomic E-state index is 0.192. The summed E-state index contributed by atoms with van der Waals surface area (Å²) in [6.07, 6.45) is 0. The van der Waals surface area contributed by atoms with Gasteiger partial charge in [-0.15, -0.1) is 0 Å². The smallest absolute Gasteiger partial charge is 0.201 e. The lowest BCUT2D eigenvalue weighted by Gasteiger charge is -2.10. The third-order valence-electron chi connectivity index (χ3n) is 4.04. The van der Waals surface area contributed by atoms with Crippen LogP contribution in [0.1, 0.15) is 16.7 Å². The standard InChI is InChI=1S/C22H20O3S2/c1-17-8-6-12-20(14-17)26(23)22(19-10-4-3-5-11-19)16-27(24,25)21-13-7-9-18(2)15-21/h3-16H,1-2H3/b22-16+. The first-order valence-electron chi connectivity index (χ1n) is 8.44. The summed E-state index contributed by atoms with van der Waals surface area (Å²) in [6.45, 7) is 3.75. The second-order valence-corrected chi connectivity index (χ2v) is 9.54. The number of aryl methyl sites for hydroxylation is 2. The van der Waals surface area contributed by atoms with Gasteiger partial charge in [0.25, 0.3) is 0 Å². The van der Waals surface area contributed by atoms with Crippen molar-refractivity contribution >= 4 is 25.5 Å². The highest BCUT2D eigenvalue weighted by atomic mass is 32.2. The molecule has 0 aliphatic carbocycles. The maximum absolute atomic E-state index is 13.3. The van der Waals surface area contributed by atoms with Crippen molar-refractivity contribution in [3.63, 3.8) is 0 Å². The van der Waals surface area contributed by atoms with Crippen molar-refractivity contribution in [3.05, 3.63) is 101 Å². The van der Waals surface area contributed by atoms with Crippen molar-refractivity contribution in [2.75, 3.05) is 0 Å². The molecule has 5 heteroatoms. The highest BCUT2D eigenvalue weighted by Gasteiger charge is 2.19. The first-order valence-corrected chi connectivity index (χ1v) is 11.1. The zero-order chi connectivity index (χ0) is 19.4. The van der Waals surface area contributed by atoms with Crippen LogP contribution in [0.3, 0.4) is 0 Å². The molecule has 0 saturated carbocycles. The van der Waals surface area contributed by atoms with E-state index in [1.165, 1.54) is 0 Å². The lowest BCUT2D eigenvalue weighted by molar-refractivity contribution is 0.604. The van der Waals surface area contributed by atoms with E-state index in [1.807, 2.05) is 44.2 Å². The van der Waals surface area contributed by atoms with Crippen LogP contribution < -0.4 is 0 Å². The second-order valence-electron chi connectivity index (χ2n) is 6.29. The molecule has 3 aromatic carbocycles. The van der Waals surface area contributed by atoms with Crippen molar-refractivity contribution < 1.29 is 12.6 Å². The van der Waals surface area contributed by atoms with Crippen molar-refractivity contribution in [2.24, 2.45) is 0 Å². The molecule has 3 rings (SSSR count). The Kier molecular flexibility index (Phi) is 5.73. The highest BCUT2D eigenvalue weighted by molar-refractivity contribution is 7.99. The average Bonchev–Trinajstić information content (AvgIpc) is 2.66. The van der Waals surface area contributed by atoms with E-state index in [-0.39, 0.29) is 9.80 Å². The van der Waals surface area contributed by atoms with Gasteiger partial charge in [-0.05, 0) is 54.8 Å². The Balaban J connectivity index is 2.16. The summed E-state index contributed by atoms with van der Waals surface area (Å²) in [5.41, 5.74) is 2.44. The molecule has 138 valence electrons. The molecule has 0 bridgehead atoms. The molecule has 0 aliphatic rings. The Morgan fingerprint density at radius 3 is 2.07 bits per heavy atom. The molecule has 0 fully saturated rings. The Labute approximate surface area is 162 Å². The van der Waals surface area contributed by atoms with Crippen molar-refractivity contribution in [1.82, 2.24) is 0 Å². The summed E-state index contributed by atoms with van der Waals surface area (Å²) in [6, 6.07) is 23.0. The topological polar surface area (TPSA) is 51.2 Å². The fourth-order valence-corrected chi connectivity index (χ4v) is 5.68. The van der Waals surface area contributed by atoms with Gasteiger partial charge in [0, 0.05) is 4.90 Å². The molecule has 1 atom stereocenters. The van der Waals surface area contributed by atoms with Gasteiger partial charge in [0.05, 0.1) is 26.0 Å². The normalized spacial score (nSPS) is 13.3. The minimum Gasteiger partial charge on any atom is -0.249 e. The van der Waals surface area contributed by atoms with Crippen LogP contribution in [-0.2, 0) is 20.6 Å². The van der Waals surface area contributed by atoms with Gasteiger partial charge >= 0.3 is 0 Å². The van der Waals surface area contributed by atoms with E-state index in [9.17, 15) is 12.6 Å². The molecular formula is C22H20O3S2. The summed E-state index contributed by atoms with van der Waals surface area (Å²) >= 11 is 0. The molecule has 0 spiro atoms. The molecule has 3 aromatic rings. The minimum atomic E-state index is -3.75.